The van der Waals surface area contributed by atoms with E-state index < -0.39 is 16.0 Å². The summed E-state index contributed by atoms with van der Waals surface area (Å²) in [5, 5.41) is 5.15. The van der Waals surface area contributed by atoms with Gasteiger partial charge < -0.3 is 4.74 Å². The molecule has 1 aromatic rings. The monoisotopic (exact) mass is 331 g/mol. The molecule has 0 amide bonds. The maximum absolute atomic E-state index is 12.2. The second-order valence-electron chi connectivity index (χ2n) is 5.32. The van der Waals surface area contributed by atoms with Gasteiger partial charge in [-0.1, -0.05) is 18.0 Å². The normalized spacial score (nSPS) is 16.7. The molecule has 0 aliphatic heterocycles. The van der Waals surface area contributed by atoms with E-state index in [1.54, 1.807) is 6.92 Å². The molecule has 0 saturated heterocycles. The number of ether oxygens (including phenoxy) is 1. The Morgan fingerprint density at radius 3 is 2.48 bits per heavy atom. The highest BCUT2D eigenvalue weighted by Crippen LogP contribution is 2.27. The van der Waals surface area contributed by atoms with Gasteiger partial charge in [0.05, 0.1) is 10.6 Å². The van der Waals surface area contributed by atoms with Gasteiger partial charge in [-0.2, -0.15) is 0 Å². The largest absolute Gasteiger partial charge is 0.459 e. The molecule has 0 atom stereocenters. The topological polar surface area (TPSA) is 86.5 Å². The zero-order chi connectivity index (χ0) is 15.6. The molecule has 0 aromatic heterocycles. The fraction of sp³-hybridized carbons (Fsp3) is 0.500. The fourth-order valence-electron chi connectivity index (χ4n) is 2.46. The van der Waals surface area contributed by atoms with Crippen molar-refractivity contribution in [2.45, 2.75) is 50.0 Å². The highest BCUT2D eigenvalue weighted by molar-refractivity contribution is 7.89. The van der Waals surface area contributed by atoms with Gasteiger partial charge >= 0.3 is 5.97 Å². The summed E-state index contributed by atoms with van der Waals surface area (Å²) >= 11 is 5.94. The molecule has 1 saturated carbocycles. The van der Waals surface area contributed by atoms with Crippen LogP contribution in [0, 0.1) is 6.92 Å². The minimum absolute atomic E-state index is 0.0340. The molecule has 0 radical (unpaired) electrons. The van der Waals surface area contributed by atoms with Gasteiger partial charge in [0.15, 0.2) is 0 Å². The van der Waals surface area contributed by atoms with Gasteiger partial charge in [-0.15, -0.1) is 0 Å². The Balaban J connectivity index is 2.27. The summed E-state index contributed by atoms with van der Waals surface area (Å²) in [6, 6.07) is 2.69. The number of rotatable bonds is 3. The smallest absolute Gasteiger partial charge is 0.338 e. The number of nitrogens with two attached hydrogens (primary N) is 1. The van der Waals surface area contributed by atoms with Crippen molar-refractivity contribution >= 4 is 27.6 Å². The molecular weight excluding hydrogens is 314 g/mol. The standard InChI is InChI=1S/C14H18ClNO4S/c1-9-7-10(8-12(13(9)15)21(16,18)19)14(17)20-11-5-3-2-4-6-11/h7-8,11H,2-6H2,1H3,(H2,16,18,19). The first-order chi connectivity index (χ1) is 9.79. The number of hydrogen-bond acceptors (Lipinski definition) is 4. The zero-order valence-corrected chi connectivity index (χ0v) is 13.3. The number of benzene rings is 1. The van der Waals surface area contributed by atoms with Gasteiger partial charge in [-0.3, -0.25) is 0 Å². The van der Waals surface area contributed by atoms with Crippen LogP contribution in [-0.4, -0.2) is 20.5 Å². The predicted molar refractivity (Wildman–Crippen MR) is 79.9 cm³/mol. The maximum Gasteiger partial charge on any atom is 0.338 e. The van der Waals surface area contributed by atoms with Crippen molar-refractivity contribution in [3.63, 3.8) is 0 Å². The number of hydrogen-bond donors (Lipinski definition) is 1. The first-order valence-electron chi connectivity index (χ1n) is 6.83. The molecule has 0 bridgehead atoms. The van der Waals surface area contributed by atoms with E-state index in [4.69, 9.17) is 21.5 Å². The van der Waals surface area contributed by atoms with Gasteiger partial charge in [-0.25, -0.2) is 18.4 Å². The number of carbonyl (C=O) groups is 1. The molecular formula is C14H18ClNO4S. The summed E-state index contributed by atoms with van der Waals surface area (Å²) in [6.45, 7) is 1.62. The van der Waals surface area contributed by atoms with E-state index in [2.05, 4.69) is 0 Å². The number of esters is 1. The van der Waals surface area contributed by atoms with Crippen LogP contribution in [0.1, 0.15) is 48.0 Å². The molecule has 0 heterocycles. The van der Waals surface area contributed by atoms with Crippen molar-refractivity contribution in [1.82, 2.24) is 0 Å². The lowest BCUT2D eigenvalue weighted by Gasteiger charge is -2.22. The summed E-state index contributed by atoms with van der Waals surface area (Å²) in [6.07, 6.45) is 4.84. The Bertz CT molecular complexity index is 651. The van der Waals surface area contributed by atoms with Crippen LogP contribution in [0.25, 0.3) is 0 Å². The number of aryl methyl sites for hydroxylation is 1. The fourth-order valence-corrected chi connectivity index (χ4v) is 3.60. The molecule has 1 aliphatic rings. The molecule has 2 rings (SSSR count). The molecule has 7 heteroatoms. The van der Waals surface area contributed by atoms with Gasteiger partial charge in [0.1, 0.15) is 11.0 Å². The third-order valence-electron chi connectivity index (χ3n) is 3.59. The minimum Gasteiger partial charge on any atom is -0.459 e. The van der Waals surface area contributed by atoms with Crippen LogP contribution >= 0.6 is 11.6 Å². The Morgan fingerprint density at radius 2 is 1.90 bits per heavy atom. The van der Waals surface area contributed by atoms with Crippen molar-refractivity contribution in [3.05, 3.63) is 28.3 Å². The maximum atomic E-state index is 12.2. The van der Waals surface area contributed by atoms with E-state index >= 15 is 0 Å². The van der Waals surface area contributed by atoms with Gasteiger partial charge in [0.25, 0.3) is 0 Å². The van der Waals surface area contributed by atoms with Crippen LogP contribution in [0.3, 0.4) is 0 Å². The van der Waals surface area contributed by atoms with E-state index in [0.717, 1.165) is 32.1 Å². The lowest BCUT2D eigenvalue weighted by molar-refractivity contribution is 0.0211. The molecule has 5 nitrogen and oxygen atoms in total. The van der Waals surface area contributed by atoms with Crippen molar-refractivity contribution in [2.75, 3.05) is 0 Å². The molecule has 2 N–H and O–H groups in total. The summed E-state index contributed by atoms with van der Waals surface area (Å²) < 4.78 is 28.4. The van der Waals surface area contributed by atoms with E-state index in [1.165, 1.54) is 12.1 Å². The summed E-state index contributed by atoms with van der Waals surface area (Å²) in [5.41, 5.74) is 0.630. The SMILES string of the molecule is Cc1cc(C(=O)OC2CCCCC2)cc(S(N)(=O)=O)c1Cl. The van der Waals surface area contributed by atoms with E-state index in [-0.39, 0.29) is 21.6 Å². The molecule has 1 fully saturated rings. The predicted octanol–water partition coefficient (Wildman–Crippen LogP) is 2.79. The number of halogens is 1. The number of carbonyl (C=O) groups excluding carboxylic acids is 1. The molecule has 1 aromatic carbocycles. The minimum atomic E-state index is -3.98. The first-order valence-corrected chi connectivity index (χ1v) is 8.75. The first kappa shape index (κ1) is 16.3. The highest BCUT2D eigenvalue weighted by Gasteiger charge is 2.22. The van der Waals surface area contributed by atoms with Crippen LogP contribution in [0.4, 0.5) is 0 Å². The van der Waals surface area contributed by atoms with Crippen molar-refractivity contribution in [2.24, 2.45) is 5.14 Å². The Hall–Kier alpha value is -1.11. The van der Waals surface area contributed by atoms with Crippen LogP contribution in [0.15, 0.2) is 17.0 Å². The molecule has 0 unspecified atom stereocenters. The average Bonchev–Trinajstić information content (AvgIpc) is 2.41. The molecule has 21 heavy (non-hydrogen) atoms. The summed E-state index contributed by atoms with van der Waals surface area (Å²) in [7, 11) is -3.98. The Kier molecular flexibility index (Phi) is 4.91. The van der Waals surface area contributed by atoms with E-state index in [0.29, 0.717) is 5.56 Å². The third kappa shape index (κ3) is 3.96. The summed E-state index contributed by atoms with van der Waals surface area (Å²) in [5.74, 6) is -0.536. The molecule has 0 spiro atoms. The van der Waals surface area contributed by atoms with Gasteiger partial charge in [-0.05, 0) is 50.3 Å². The Morgan fingerprint density at radius 1 is 1.29 bits per heavy atom. The van der Waals surface area contributed by atoms with Crippen LogP contribution < -0.4 is 5.14 Å². The number of sulfonamides is 1. The second kappa shape index (κ2) is 6.34. The van der Waals surface area contributed by atoms with Gasteiger partial charge in [0.2, 0.25) is 10.0 Å². The molecule has 1 aliphatic carbocycles. The van der Waals surface area contributed by atoms with Gasteiger partial charge in [0, 0.05) is 0 Å². The average molecular weight is 332 g/mol. The third-order valence-corrected chi connectivity index (χ3v) is 5.14. The van der Waals surface area contributed by atoms with E-state index in [9.17, 15) is 13.2 Å². The van der Waals surface area contributed by atoms with Crippen molar-refractivity contribution < 1.29 is 17.9 Å². The quantitative estimate of drug-likeness (QED) is 0.863. The summed E-state index contributed by atoms with van der Waals surface area (Å²) in [4.78, 5) is 11.9. The van der Waals surface area contributed by atoms with E-state index in [1.807, 2.05) is 0 Å². The van der Waals surface area contributed by atoms with Crippen LogP contribution in [0.5, 0.6) is 0 Å². The van der Waals surface area contributed by atoms with Crippen molar-refractivity contribution in [1.29, 1.82) is 0 Å². The molecule has 116 valence electrons. The zero-order valence-electron chi connectivity index (χ0n) is 11.8. The number of primary sulfonamides is 1. The highest BCUT2D eigenvalue weighted by atomic mass is 35.5. The Labute approximate surface area is 129 Å². The van der Waals surface area contributed by atoms with Crippen molar-refractivity contribution in [3.8, 4) is 0 Å². The van der Waals surface area contributed by atoms with Crippen LogP contribution in [-0.2, 0) is 14.8 Å². The van der Waals surface area contributed by atoms with Crippen LogP contribution in [0.2, 0.25) is 5.02 Å². The second-order valence-corrected chi connectivity index (χ2v) is 7.22. The lowest BCUT2D eigenvalue weighted by Crippen LogP contribution is -2.21. The lowest BCUT2D eigenvalue weighted by atomic mass is 9.98.